The highest BCUT2D eigenvalue weighted by atomic mass is 32.1. The summed E-state index contributed by atoms with van der Waals surface area (Å²) in [6, 6.07) is 0.414. The van der Waals surface area contributed by atoms with Gasteiger partial charge in [0.25, 0.3) is 5.91 Å². The summed E-state index contributed by atoms with van der Waals surface area (Å²) in [6.07, 6.45) is 3.31. The van der Waals surface area contributed by atoms with Crippen LogP contribution in [0.5, 0.6) is 0 Å². The number of nitrogens with zero attached hydrogens (tertiary/aromatic N) is 3. The molecule has 2 aliphatic rings. The van der Waals surface area contributed by atoms with Crippen LogP contribution in [0.4, 0.5) is 0 Å². The van der Waals surface area contributed by atoms with Gasteiger partial charge in [0.05, 0.1) is 11.5 Å². The molecule has 2 fully saturated rings. The molecule has 0 unspecified atom stereocenters. The maximum Gasteiger partial charge on any atom is 0.264 e. The molecule has 0 aromatic carbocycles. The highest BCUT2D eigenvalue weighted by molar-refractivity contribution is 7.20. The highest BCUT2D eigenvalue weighted by Crippen LogP contribution is 2.36. The van der Waals surface area contributed by atoms with Crippen molar-refractivity contribution in [3.8, 4) is 0 Å². The summed E-state index contributed by atoms with van der Waals surface area (Å²) in [7, 11) is 0. The van der Waals surface area contributed by atoms with Gasteiger partial charge in [-0.05, 0) is 45.6 Å². The van der Waals surface area contributed by atoms with E-state index in [0.29, 0.717) is 12.0 Å². The molecular weight excluding hydrogens is 322 g/mol. The smallest absolute Gasteiger partial charge is 0.264 e. The molecule has 1 saturated carbocycles. The maximum absolute atomic E-state index is 13.2. The zero-order valence-corrected chi connectivity index (χ0v) is 15.3. The minimum Gasteiger partial charge on any atom is -0.381 e. The second-order valence-corrected chi connectivity index (χ2v) is 8.01. The van der Waals surface area contributed by atoms with E-state index in [9.17, 15) is 4.79 Å². The van der Waals surface area contributed by atoms with Crippen LogP contribution >= 0.6 is 11.3 Å². The molecular formula is C18H23N3O2S. The zero-order valence-electron chi connectivity index (χ0n) is 14.5. The molecule has 0 radical (unpaired) electrons. The van der Waals surface area contributed by atoms with E-state index in [4.69, 9.17) is 4.74 Å². The Labute approximate surface area is 146 Å². The normalized spacial score (nSPS) is 20.7. The molecule has 1 atom stereocenters. The predicted molar refractivity (Wildman–Crippen MR) is 94.6 cm³/mol. The van der Waals surface area contributed by atoms with Gasteiger partial charge >= 0.3 is 0 Å². The minimum atomic E-state index is 0.168. The summed E-state index contributed by atoms with van der Waals surface area (Å²) in [6.45, 7) is 8.36. The van der Waals surface area contributed by atoms with Crippen molar-refractivity contribution in [3.05, 3.63) is 22.0 Å². The lowest BCUT2D eigenvalue weighted by molar-refractivity contribution is 0.0710. The number of aromatic nitrogens is 2. The number of amides is 1. The molecule has 4 rings (SSSR count). The average Bonchev–Trinajstić information content (AvgIpc) is 3.13. The summed E-state index contributed by atoms with van der Waals surface area (Å²) < 4.78 is 5.49. The van der Waals surface area contributed by atoms with Crippen molar-refractivity contribution in [2.45, 2.75) is 46.1 Å². The lowest BCUT2D eigenvalue weighted by atomic mass is 10.1. The molecule has 1 saturated heterocycles. The predicted octanol–water partition coefficient (Wildman–Crippen LogP) is 3.26. The van der Waals surface area contributed by atoms with Crippen LogP contribution < -0.4 is 0 Å². The quantitative estimate of drug-likeness (QED) is 0.853. The zero-order chi connectivity index (χ0) is 16.8. The number of rotatable bonds is 4. The van der Waals surface area contributed by atoms with Crippen molar-refractivity contribution in [2.75, 3.05) is 19.8 Å². The summed E-state index contributed by atoms with van der Waals surface area (Å²) in [5.41, 5.74) is 2.00. The Kier molecular flexibility index (Phi) is 4.04. The number of fused-ring (bicyclic) bond motifs is 1. The Morgan fingerprint density at radius 1 is 1.25 bits per heavy atom. The van der Waals surface area contributed by atoms with Crippen LogP contribution in [0.2, 0.25) is 0 Å². The monoisotopic (exact) mass is 345 g/mol. The van der Waals surface area contributed by atoms with Crippen molar-refractivity contribution in [1.82, 2.24) is 14.9 Å². The largest absolute Gasteiger partial charge is 0.381 e. The van der Waals surface area contributed by atoms with E-state index in [1.807, 2.05) is 20.8 Å². The van der Waals surface area contributed by atoms with E-state index in [2.05, 4.69) is 14.9 Å². The van der Waals surface area contributed by atoms with E-state index in [-0.39, 0.29) is 5.91 Å². The molecule has 2 aromatic rings. The summed E-state index contributed by atoms with van der Waals surface area (Å²) >= 11 is 1.52. The molecule has 1 aliphatic carbocycles. The van der Waals surface area contributed by atoms with E-state index >= 15 is 0 Å². The van der Waals surface area contributed by atoms with Crippen LogP contribution in [0, 0.1) is 26.7 Å². The van der Waals surface area contributed by atoms with Gasteiger partial charge in [-0.3, -0.25) is 4.79 Å². The van der Waals surface area contributed by atoms with Crippen LogP contribution in [-0.4, -0.2) is 46.6 Å². The van der Waals surface area contributed by atoms with Gasteiger partial charge < -0.3 is 9.64 Å². The van der Waals surface area contributed by atoms with E-state index in [1.165, 1.54) is 11.3 Å². The Hall–Kier alpha value is -1.53. The third-order valence-corrected chi connectivity index (χ3v) is 6.18. The van der Waals surface area contributed by atoms with E-state index < -0.39 is 0 Å². The number of carbonyl (C=O) groups excluding carboxylic acids is 1. The topological polar surface area (TPSA) is 55.3 Å². The molecule has 0 spiro atoms. The van der Waals surface area contributed by atoms with Crippen LogP contribution in [-0.2, 0) is 4.74 Å². The SMILES string of the molecule is Cc1nc(C)c2c(C)c(C(=O)N(C[C@H]3CCOC3)C3CC3)sc2n1. The maximum atomic E-state index is 13.2. The van der Waals surface area contributed by atoms with Gasteiger partial charge in [0.1, 0.15) is 10.7 Å². The second kappa shape index (κ2) is 6.08. The first kappa shape index (κ1) is 16.0. The van der Waals surface area contributed by atoms with Crippen molar-refractivity contribution >= 4 is 27.5 Å². The van der Waals surface area contributed by atoms with Gasteiger partial charge in [-0.15, -0.1) is 11.3 Å². The van der Waals surface area contributed by atoms with Gasteiger partial charge in [-0.25, -0.2) is 9.97 Å². The number of hydrogen-bond donors (Lipinski definition) is 0. The van der Waals surface area contributed by atoms with Crippen molar-refractivity contribution < 1.29 is 9.53 Å². The van der Waals surface area contributed by atoms with E-state index in [1.54, 1.807) is 0 Å². The Morgan fingerprint density at radius 2 is 2.04 bits per heavy atom. The molecule has 24 heavy (non-hydrogen) atoms. The third-order valence-electron chi connectivity index (χ3n) is 5.00. The first-order chi connectivity index (χ1) is 11.5. The van der Waals surface area contributed by atoms with Crippen molar-refractivity contribution in [2.24, 2.45) is 5.92 Å². The molecule has 1 aliphatic heterocycles. The number of ether oxygens (including phenoxy) is 1. The fraction of sp³-hybridized carbons (Fsp3) is 0.611. The molecule has 3 heterocycles. The lowest BCUT2D eigenvalue weighted by Gasteiger charge is -2.25. The van der Waals surface area contributed by atoms with Crippen LogP contribution in [0.1, 0.15) is 46.0 Å². The molecule has 128 valence electrons. The standard InChI is InChI=1S/C18H23N3O2S/c1-10-15-11(2)19-12(3)20-17(15)24-16(10)18(22)21(14-4-5-14)8-13-6-7-23-9-13/h13-14H,4-9H2,1-3H3/t13-/m1/s1. The minimum absolute atomic E-state index is 0.168. The van der Waals surface area contributed by atoms with Gasteiger partial charge in [0.2, 0.25) is 0 Å². The molecule has 2 aromatic heterocycles. The van der Waals surface area contributed by atoms with Gasteiger partial charge in [-0.2, -0.15) is 0 Å². The molecule has 0 bridgehead atoms. The molecule has 1 amide bonds. The Bertz CT molecular complexity index is 791. The van der Waals surface area contributed by atoms with E-state index in [0.717, 1.165) is 71.2 Å². The average molecular weight is 345 g/mol. The fourth-order valence-electron chi connectivity index (χ4n) is 3.60. The number of carbonyl (C=O) groups is 1. The van der Waals surface area contributed by atoms with Crippen molar-refractivity contribution in [1.29, 1.82) is 0 Å². The number of thiophene rings is 1. The molecule has 5 nitrogen and oxygen atoms in total. The van der Waals surface area contributed by atoms with Crippen LogP contribution in [0.15, 0.2) is 0 Å². The Morgan fingerprint density at radius 3 is 2.71 bits per heavy atom. The van der Waals surface area contributed by atoms with Gasteiger partial charge in [-0.1, -0.05) is 0 Å². The third kappa shape index (κ3) is 2.82. The number of hydrogen-bond acceptors (Lipinski definition) is 5. The Balaban J connectivity index is 1.68. The summed E-state index contributed by atoms with van der Waals surface area (Å²) in [4.78, 5) is 26.1. The van der Waals surface area contributed by atoms with Crippen LogP contribution in [0.25, 0.3) is 10.2 Å². The summed E-state index contributed by atoms with van der Waals surface area (Å²) in [5, 5.41) is 1.05. The highest BCUT2D eigenvalue weighted by Gasteiger charge is 2.36. The first-order valence-corrected chi connectivity index (χ1v) is 9.49. The fourth-order valence-corrected chi connectivity index (χ4v) is 4.83. The first-order valence-electron chi connectivity index (χ1n) is 8.67. The lowest BCUT2D eigenvalue weighted by Crippen LogP contribution is -2.37. The molecule has 6 heteroatoms. The van der Waals surface area contributed by atoms with Crippen LogP contribution in [0.3, 0.4) is 0 Å². The number of aryl methyl sites for hydroxylation is 3. The summed E-state index contributed by atoms with van der Waals surface area (Å²) in [5.74, 6) is 1.41. The van der Waals surface area contributed by atoms with Gasteiger partial charge in [0, 0.05) is 36.2 Å². The van der Waals surface area contributed by atoms with Gasteiger partial charge in [0.15, 0.2) is 0 Å². The van der Waals surface area contributed by atoms with Crippen molar-refractivity contribution in [3.63, 3.8) is 0 Å². The molecule has 0 N–H and O–H groups in total. The second-order valence-electron chi connectivity index (χ2n) is 7.01.